The molecule has 18 heavy (non-hydrogen) atoms. The SMILES string of the molecule is CC(NC(c1ccc(Cl)cc1)C1CC1)C1CCC1. The van der Waals surface area contributed by atoms with Crippen LogP contribution in [0, 0.1) is 11.8 Å². The van der Waals surface area contributed by atoms with Gasteiger partial charge in [-0.3, -0.25) is 0 Å². The van der Waals surface area contributed by atoms with Crippen LogP contribution in [0.3, 0.4) is 0 Å². The molecule has 2 fully saturated rings. The minimum Gasteiger partial charge on any atom is -0.307 e. The second-order valence-electron chi connectivity index (χ2n) is 6.01. The molecule has 2 saturated carbocycles. The molecule has 2 aliphatic carbocycles. The van der Waals surface area contributed by atoms with Gasteiger partial charge in [0.05, 0.1) is 0 Å². The van der Waals surface area contributed by atoms with Crippen LogP contribution in [0.1, 0.15) is 50.6 Å². The Bertz CT molecular complexity index is 392. The number of rotatable bonds is 5. The minimum atomic E-state index is 0.540. The third-order valence-electron chi connectivity index (χ3n) is 4.62. The molecule has 0 bridgehead atoms. The molecular weight excluding hydrogens is 242 g/mol. The Morgan fingerprint density at radius 1 is 1.06 bits per heavy atom. The molecule has 1 nitrogen and oxygen atoms in total. The minimum absolute atomic E-state index is 0.540. The zero-order chi connectivity index (χ0) is 12.5. The Morgan fingerprint density at radius 2 is 1.72 bits per heavy atom. The lowest BCUT2D eigenvalue weighted by Gasteiger charge is -2.35. The summed E-state index contributed by atoms with van der Waals surface area (Å²) >= 11 is 5.98. The average molecular weight is 264 g/mol. The molecule has 98 valence electrons. The summed E-state index contributed by atoms with van der Waals surface area (Å²) in [7, 11) is 0. The summed E-state index contributed by atoms with van der Waals surface area (Å²) in [5.41, 5.74) is 1.41. The van der Waals surface area contributed by atoms with Crippen molar-refractivity contribution >= 4 is 11.6 Å². The number of benzene rings is 1. The van der Waals surface area contributed by atoms with Gasteiger partial charge in [0.2, 0.25) is 0 Å². The van der Waals surface area contributed by atoms with Gasteiger partial charge < -0.3 is 5.32 Å². The zero-order valence-electron chi connectivity index (χ0n) is 11.0. The summed E-state index contributed by atoms with van der Waals surface area (Å²) in [6, 6.07) is 9.60. The third kappa shape index (κ3) is 2.73. The summed E-state index contributed by atoms with van der Waals surface area (Å²) in [5, 5.41) is 4.71. The van der Waals surface area contributed by atoms with Crippen molar-refractivity contribution in [2.45, 2.75) is 51.1 Å². The van der Waals surface area contributed by atoms with Gasteiger partial charge in [0.1, 0.15) is 0 Å². The first kappa shape index (κ1) is 12.5. The van der Waals surface area contributed by atoms with E-state index in [2.05, 4.69) is 24.4 Å². The fraction of sp³-hybridized carbons (Fsp3) is 0.625. The number of hydrogen-bond donors (Lipinski definition) is 1. The van der Waals surface area contributed by atoms with Gasteiger partial charge in [0.25, 0.3) is 0 Å². The van der Waals surface area contributed by atoms with Crippen LogP contribution in [0.5, 0.6) is 0 Å². The molecule has 0 spiro atoms. The monoisotopic (exact) mass is 263 g/mol. The lowest BCUT2D eigenvalue weighted by atomic mass is 9.80. The summed E-state index contributed by atoms with van der Waals surface area (Å²) in [6.07, 6.45) is 6.99. The van der Waals surface area contributed by atoms with Gasteiger partial charge in [-0.15, -0.1) is 0 Å². The van der Waals surface area contributed by atoms with E-state index < -0.39 is 0 Å². The molecule has 2 unspecified atom stereocenters. The van der Waals surface area contributed by atoms with E-state index in [-0.39, 0.29) is 0 Å². The first-order valence-electron chi connectivity index (χ1n) is 7.25. The molecular formula is C16H22ClN. The predicted octanol–water partition coefficient (Wildman–Crippen LogP) is 4.57. The lowest BCUT2D eigenvalue weighted by Crippen LogP contribution is -2.40. The summed E-state index contributed by atoms with van der Waals surface area (Å²) in [4.78, 5) is 0. The number of halogens is 1. The van der Waals surface area contributed by atoms with Crippen LogP contribution in [-0.4, -0.2) is 6.04 Å². The highest BCUT2D eigenvalue weighted by atomic mass is 35.5. The van der Waals surface area contributed by atoms with Crippen molar-refractivity contribution < 1.29 is 0 Å². The Labute approximate surface area is 115 Å². The maximum absolute atomic E-state index is 5.98. The van der Waals surface area contributed by atoms with Crippen molar-refractivity contribution in [3.05, 3.63) is 34.9 Å². The molecule has 0 radical (unpaired) electrons. The summed E-state index contributed by atoms with van der Waals surface area (Å²) < 4.78 is 0. The number of hydrogen-bond acceptors (Lipinski definition) is 1. The molecule has 0 amide bonds. The van der Waals surface area contributed by atoms with E-state index in [1.807, 2.05) is 12.1 Å². The standard InChI is InChI=1S/C16H22ClN/c1-11(12-3-2-4-12)18-16(13-5-6-13)14-7-9-15(17)10-8-14/h7-13,16,18H,2-6H2,1H3. The van der Waals surface area contributed by atoms with Crippen molar-refractivity contribution in [3.8, 4) is 0 Å². The Kier molecular flexibility index (Phi) is 3.63. The van der Waals surface area contributed by atoms with E-state index in [0.29, 0.717) is 12.1 Å². The van der Waals surface area contributed by atoms with Crippen LogP contribution in [-0.2, 0) is 0 Å². The summed E-state index contributed by atoms with van der Waals surface area (Å²) in [6.45, 7) is 2.36. The molecule has 1 N–H and O–H groups in total. The molecule has 1 aromatic carbocycles. The lowest BCUT2D eigenvalue weighted by molar-refractivity contribution is 0.221. The maximum atomic E-state index is 5.98. The zero-order valence-corrected chi connectivity index (χ0v) is 11.8. The van der Waals surface area contributed by atoms with Gasteiger partial charge in [-0.05, 0) is 62.1 Å². The molecule has 3 rings (SSSR count). The predicted molar refractivity (Wildman–Crippen MR) is 76.9 cm³/mol. The van der Waals surface area contributed by atoms with E-state index >= 15 is 0 Å². The second kappa shape index (κ2) is 5.22. The first-order chi connectivity index (χ1) is 8.74. The fourth-order valence-corrected chi connectivity index (χ4v) is 3.09. The van der Waals surface area contributed by atoms with Crippen LogP contribution in [0.15, 0.2) is 24.3 Å². The van der Waals surface area contributed by atoms with Gasteiger partial charge in [-0.1, -0.05) is 30.2 Å². The largest absolute Gasteiger partial charge is 0.307 e. The molecule has 2 atom stereocenters. The molecule has 0 heterocycles. The molecule has 2 aliphatic rings. The fourth-order valence-electron chi connectivity index (χ4n) is 2.96. The highest BCUT2D eigenvalue weighted by Gasteiger charge is 2.35. The Hall–Kier alpha value is -0.530. The van der Waals surface area contributed by atoms with Crippen LogP contribution in [0.4, 0.5) is 0 Å². The Morgan fingerprint density at radius 3 is 2.22 bits per heavy atom. The molecule has 0 aromatic heterocycles. The van der Waals surface area contributed by atoms with Crippen LogP contribution in [0.25, 0.3) is 0 Å². The molecule has 0 aliphatic heterocycles. The summed E-state index contributed by atoms with van der Waals surface area (Å²) in [5.74, 6) is 1.74. The van der Waals surface area contributed by atoms with Gasteiger partial charge >= 0.3 is 0 Å². The van der Waals surface area contributed by atoms with Crippen LogP contribution in [0.2, 0.25) is 5.02 Å². The van der Waals surface area contributed by atoms with E-state index in [4.69, 9.17) is 11.6 Å². The highest BCUT2D eigenvalue weighted by molar-refractivity contribution is 6.30. The van der Waals surface area contributed by atoms with E-state index in [0.717, 1.165) is 16.9 Å². The highest BCUT2D eigenvalue weighted by Crippen LogP contribution is 2.42. The van der Waals surface area contributed by atoms with E-state index in [1.54, 1.807) is 0 Å². The molecule has 0 saturated heterocycles. The average Bonchev–Trinajstić information content (AvgIpc) is 3.08. The Balaban J connectivity index is 1.69. The van der Waals surface area contributed by atoms with Gasteiger partial charge in [0.15, 0.2) is 0 Å². The smallest absolute Gasteiger partial charge is 0.0406 e. The van der Waals surface area contributed by atoms with Gasteiger partial charge in [-0.2, -0.15) is 0 Å². The topological polar surface area (TPSA) is 12.0 Å². The van der Waals surface area contributed by atoms with Crippen molar-refractivity contribution in [3.63, 3.8) is 0 Å². The van der Waals surface area contributed by atoms with Crippen LogP contribution >= 0.6 is 11.6 Å². The normalized spacial score (nSPS) is 23.4. The van der Waals surface area contributed by atoms with Crippen LogP contribution < -0.4 is 5.32 Å². The van der Waals surface area contributed by atoms with Gasteiger partial charge in [0, 0.05) is 17.1 Å². The van der Waals surface area contributed by atoms with Crippen molar-refractivity contribution in [1.29, 1.82) is 0 Å². The maximum Gasteiger partial charge on any atom is 0.0406 e. The number of nitrogens with one attached hydrogen (secondary N) is 1. The van der Waals surface area contributed by atoms with Gasteiger partial charge in [-0.25, -0.2) is 0 Å². The molecule has 1 aromatic rings. The first-order valence-corrected chi connectivity index (χ1v) is 7.63. The quantitative estimate of drug-likeness (QED) is 0.821. The van der Waals surface area contributed by atoms with E-state index in [9.17, 15) is 0 Å². The second-order valence-corrected chi connectivity index (χ2v) is 6.45. The molecule has 2 heteroatoms. The van der Waals surface area contributed by atoms with Crippen molar-refractivity contribution in [1.82, 2.24) is 5.32 Å². The van der Waals surface area contributed by atoms with Crippen molar-refractivity contribution in [2.75, 3.05) is 0 Å². The van der Waals surface area contributed by atoms with E-state index in [1.165, 1.54) is 37.7 Å². The third-order valence-corrected chi connectivity index (χ3v) is 4.87. The van der Waals surface area contributed by atoms with Crippen molar-refractivity contribution in [2.24, 2.45) is 11.8 Å².